The molecule has 0 saturated carbocycles. The zero-order chi connectivity index (χ0) is 23.6. The lowest BCUT2D eigenvalue weighted by Crippen LogP contribution is -2.37. The summed E-state index contributed by atoms with van der Waals surface area (Å²) in [5.74, 6) is -0.988. The quantitative estimate of drug-likeness (QED) is 0.421. The van der Waals surface area contributed by atoms with Gasteiger partial charge < -0.3 is 9.67 Å². The Hall–Kier alpha value is -2.46. The van der Waals surface area contributed by atoms with E-state index in [2.05, 4.69) is 11.3 Å². The van der Waals surface area contributed by atoms with E-state index in [-0.39, 0.29) is 6.54 Å². The van der Waals surface area contributed by atoms with Crippen LogP contribution >= 0.6 is 23.4 Å². The van der Waals surface area contributed by atoms with E-state index in [9.17, 15) is 18.3 Å². The minimum absolute atomic E-state index is 0.243. The molecule has 0 amide bonds. The largest absolute Gasteiger partial charge is 0.480 e. The topological polar surface area (TPSA) is 91.6 Å². The number of hydrogen-bond acceptors (Lipinski definition) is 5. The molecule has 2 aromatic carbocycles. The average molecular weight is 494 g/mol. The van der Waals surface area contributed by atoms with Gasteiger partial charge >= 0.3 is 5.97 Å². The summed E-state index contributed by atoms with van der Waals surface area (Å²) in [6, 6.07) is 12.4. The monoisotopic (exact) mass is 493 g/mol. The van der Waals surface area contributed by atoms with Crippen molar-refractivity contribution < 1.29 is 18.3 Å². The van der Waals surface area contributed by atoms with Crippen LogP contribution in [-0.2, 0) is 21.4 Å². The maximum atomic E-state index is 13.0. The van der Waals surface area contributed by atoms with Crippen molar-refractivity contribution in [2.24, 2.45) is 0 Å². The van der Waals surface area contributed by atoms with Gasteiger partial charge in [-0.2, -0.15) is 0 Å². The van der Waals surface area contributed by atoms with Crippen molar-refractivity contribution in [1.29, 1.82) is 0 Å². The highest BCUT2D eigenvalue weighted by Crippen LogP contribution is 2.42. The van der Waals surface area contributed by atoms with Crippen LogP contribution in [0.4, 0.5) is 5.69 Å². The summed E-state index contributed by atoms with van der Waals surface area (Å²) in [5, 5.41) is 9.73. The first kappa shape index (κ1) is 24.2. The summed E-state index contributed by atoms with van der Waals surface area (Å²) in [4.78, 5) is 14.7. The van der Waals surface area contributed by atoms with Crippen LogP contribution in [0.25, 0.3) is 10.9 Å². The SMILES string of the molecule is C=CC(N(C)C)S(=O)(=O)Nc1cccc2c1c(Sc1ccc(Cl)cc1)c(C)n2CC(=O)O. The highest BCUT2D eigenvalue weighted by molar-refractivity contribution is 7.99. The molecule has 0 aliphatic carbocycles. The fourth-order valence-electron chi connectivity index (χ4n) is 3.49. The van der Waals surface area contributed by atoms with Gasteiger partial charge in [0.15, 0.2) is 0 Å². The molecule has 0 bridgehead atoms. The zero-order valence-corrected chi connectivity index (χ0v) is 20.3. The predicted octanol–water partition coefficient (Wildman–Crippen LogP) is 4.65. The van der Waals surface area contributed by atoms with E-state index in [1.807, 2.05) is 19.1 Å². The molecule has 1 unspecified atom stereocenters. The Labute approximate surface area is 196 Å². The Balaban J connectivity index is 2.20. The number of carboxylic acid groups (broad SMARTS) is 1. The van der Waals surface area contributed by atoms with Gasteiger partial charge in [-0.3, -0.25) is 14.4 Å². The molecule has 1 heterocycles. The van der Waals surface area contributed by atoms with E-state index >= 15 is 0 Å². The number of anilines is 1. The highest BCUT2D eigenvalue weighted by Gasteiger charge is 2.27. The third-order valence-electron chi connectivity index (χ3n) is 4.90. The standard InChI is InChI=1S/C22H24ClN3O4S2/c1-5-19(25(3)4)32(29,30)24-17-7-6-8-18-21(17)22(14(2)26(18)13-20(27)28)31-16-11-9-15(23)10-12-16/h5-12,19,24H,1,13H2,2-4H3,(H,27,28). The van der Waals surface area contributed by atoms with Gasteiger partial charge in [0.2, 0.25) is 0 Å². The minimum Gasteiger partial charge on any atom is -0.480 e. The third-order valence-corrected chi connectivity index (χ3v) is 8.12. The van der Waals surface area contributed by atoms with Crippen LogP contribution in [0.3, 0.4) is 0 Å². The van der Waals surface area contributed by atoms with E-state index < -0.39 is 21.4 Å². The predicted molar refractivity (Wildman–Crippen MR) is 130 cm³/mol. The number of rotatable bonds is 9. The summed E-state index contributed by atoms with van der Waals surface area (Å²) in [7, 11) is -0.524. The first-order valence-electron chi connectivity index (χ1n) is 9.62. The Morgan fingerprint density at radius 1 is 1.28 bits per heavy atom. The second kappa shape index (κ2) is 9.58. The van der Waals surface area contributed by atoms with E-state index in [4.69, 9.17) is 11.6 Å². The van der Waals surface area contributed by atoms with Crippen molar-refractivity contribution in [3.8, 4) is 0 Å². The van der Waals surface area contributed by atoms with Gasteiger partial charge in [-0.1, -0.05) is 35.5 Å². The smallest absolute Gasteiger partial charge is 0.323 e. The molecule has 0 spiro atoms. The summed E-state index contributed by atoms with van der Waals surface area (Å²) in [5.41, 5.74) is 1.73. The van der Waals surface area contributed by atoms with Crippen molar-refractivity contribution in [3.63, 3.8) is 0 Å². The number of fused-ring (bicyclic) bond motifs is 1. The van der Waals surface area contributed by atoms with Gasteiger partial charge in [-0.25, -0.2) is 8.42 Å². The number of carbonyl (C=O) groups is 1. The van der Waals surface area contributed by atoms with Crippen LogP contribution in [0.2, 0.25) is 5.02 Å². The van der Waals surface area contributed by atoms with E-state index in [1.54, 1.807) is 53.9 Å². The second-order valence-corrected chi connectivity index (χ2v) is 10.7. The maximum absolute atomic E-state index is 13.0. The molecule has 170 valence electrons. The highest BCUT2D eigenvalue weighted by atomic mass is 35.5. The molecule has 0 aliphatic rings. The molecule has 0 saturated heterocycles. The van der Waals surface area contributed by atoms with Crippen LogP contribution in [0.15, 0.2) is 64.9 Å². The molecule has 10 heteroatoms. The normalized spacial score (nSPS) is 12.8. The number of hydrogen-bond donors (Lipinski definition) is 2. The number of carboxylic acids is 1. The number of sulfonamides is 1. The summed E-state index contributed by atoms with van der Waals surface area (Å²) in [6.45, 7) is 5.22. The van der Waals surface area contributed by atoms with Gasteiger partial charge in [0, 0.05) is 25.9 Å². The lowest BCUT2D eigenvalue weighted by Gasteiger charge is -2.22. The average Bonchev–Trinajstić information content (AvgIpc) is 2.95. The Bertz CT molecular complexity index is 1270. The van der Waals surface area contributed by atoms with Crippen molar-refractivity contribution >= 4 is 55.9 Å². The molecule has 2 N–H and O–H groups in total. The lowest BCUT2D eigenvalue weighted by molar-refractivity contribution is -0.137. The van der Waals surface area contributed by atoms with Crippen LogP contribution in [0.5, 0.6) is 0 Å². The number of halogens is 1. The van der Waals surface area contributed by atoms with Crippen molar-refractivity contribution in [3.05, 3.63) is 65.8 Å². The van der Waals surface area contributed by atoms with E-state index in [0.29, 0.717) is 21.6 Å². The molecule has 1 aromatic heterocycles. The number of likely N-dealkylation sites (N-methyl/N-ethyl adjacent to an activating group) is 1. The molecule has 0 aliphatic heterocycles. The fraction of sp³-hybridized carbons (Fsp3) is 0.227. The molecular formula is C22H24ClN3O4S2. The van der Waals surface area contributed by atoms with Gasteiger partial charge in [0.1, 0.15) is 11.9 Å². The van der Waals surface area contributed by atoms with E-state index in [0.717, 1.165) is 15.5 Å². The molecular weight excluding hydrogens is 470 g/mol. The number of nitrogens with zero attached hydrogens (tertiary/aromatic N) is 2. The van der Waals surface area contributed by atoms with Crippen molar-refractivity contribution in [1.82, 2.24) is 9.47 Å². The van der Waals surface area contributed by atoms with Gasteiger partial charge in [0.05, 0.1) is 11.2 Å². The van der Waals surface area contributed by atoms with Crippen molar-refractivity contribution in [2.75, 3.05) is 18.8 Å². The number of nitrogens with one attached hydrogen (secondary N) is 1. The molecule has 0 radical (unpaired) electrons. The van der Waals surface area contributed by atoms with Crippen LogP contribution in [0, 0.1) is 6.92 Å². The number of benzene rings is 2. The van der Waals surface area contributed by atoms with Gasteiger partial charge in [-0.15, -0.1) is 6.58 Å². The zero-order valence-electron chi connectivity index (χ0n) is 17.9. The molecule has 7 nitrogen and oxygen atoms in total. The molecule has 3 aromatic rings. The fourth-order valence-corrected chi connectivity index (χ4v) is 6.10. The Morgan fingerprint density at radius 2 is 1.94 bits per heavy atom. The van der Waals surface area contributed by atoms with Crippen LogP contribution in [-0.4, -0.2) is 48.4 Å². The second-order valence-electron chi connectivity index (χ2n) is 7.39. The molecule has 32 heavy (non-hydrogen) atoms. The first-order chi connectivity index (χ1) is 15.0. The molecule has 3 rings (SSSR count). The number of aliphatic carboxylic acids is 1. The summed E-state index contributed by atoms with van der Waals surface area (Å²) >= 11 is 7.42. The minimum atomic E-state index is -3.83. The summed E-state index contributed by atoms with van der Waals surface area (Å²) < 4.78 is 30.5. The number of aromatic nitrogens is 1. The lowest BCUT2D eigenvalue weighted by atomic mass is 10.2. The Morgan fingerprint density at radius 3 is 2.50 bits per heavy atom. The first-order valence-corrected chi connectivity index (χ1v) is 12.4. The maximum Gasteiger partial charge on any atom is 0.323 e. The summed E-state index contributed by atoms with van der Waals surface area (Å²) in [6.07, 6.45) is 1.35. The van der Waals surface area contributed by atoms with Crippen molar-refractivity contribution in [2.45, 2.75) is 28.6 Å². The van der Waals surface area contributed by atoms with Gasteiger partial charge in [-0.05, 0) is 57.4 Å². The molecule has 0 fully saturated rings. The van der Waals surface area contributed by atoms with Crippen LogP contribution < -0.4 is 4.72 Å². The molecule has 1 atom stereocenters. The Kier molecular flexibility index (Phi) is 7.24. The van der Waals surface area contributed by atoms with E-state index in [1.165, 1.54) is 17.8 Å². The van der Waals surface area contributed by atoms with Gasteiger partial charge in [0.25, 0.3) is 10.0 Å². The third kappa shape index (κ3) is 4.96. The van der Waals surface area contributed by atoms with Crippen LogP contribution in [0.1, 0.15) is 5.69 Å².